The summed E-state index contributed by atoms with van der Waals surface area (Å²) in [4.78, 5) is 47.1. The van der Waals surface area contributed by atoms with Crippen LogP contribution in [0, 0.1) is 0 Å². The fourth-order valence-corrected chi connectivity index (χ4v) is 8.41. The van der Waals surface area contributed by atoms with E-state index in [9.17, 15) is 9.59 Å². The summed E-state index contributed by atoms with van der Waals surface area (Å²) in [6.07, 6.45) is 1.28. The molecule has 4 aromatic heterocycles. The number of aromatic amines is 2. The SMILES string of the molecule is CCCN(C)Cc1nc2ccc(-c3cc4cc5sc(-c6ccc7nc(CN(CCC)C(=O)CNC(=O)OC)[nH]c7c6)cc5cc4s3)cc2[nH]1. The summed E-state index contributed by atoms with van der Waals surface area (Å²) in [5, 5.41) is 4.94. The minimum Gasteiger partial charge on any atom is -0.453 e. The van der Waals surface area contributed by atoms with E-state index in [0.717, 1.165) is 59.4 Å². The second kappa shape index (κ2) is 14.0. The lowest BCUT2D eigenvalue weighted by Crippen LogP contribution is -2.40. The van der Waals surface area contributed by atoms with Crippen molar-refractivity contribution in [2.45, 2.75) is 39.8 Å². The lowest BCUT2D eigenvalue weighted by molar-refractivity contribution is -0.130. The van der Waals surface area contributed by atoms with Gasteiger partial charge in [-0.15, -0.1) is 22.7 Å². The molecule has 0 spiro atoms. The maximum absolute atomic E-state index is 12.8. The van der Waals surface area contributed by atoms with Gasteiger partial charge in [-0.05, 0) is 96.9 Å². The Hall–Kier alpha value is -4.78. The highest BCUT2D eigenvalue weighted by Gasteiger charge is 2.17. The van der Waals surface area contributed by atoms with Crippen molar-refractivity contribution in [2.75, 3.05) is 33.8 Å². The summed E-state index contributed by atoms with van der Waals surface area (Å²) in [6.45, 7) is 6.83. The van der Waals surface area contributed by atoms with Gasteiger partial charge in [-0.25, -0.2) is 14.8 Å². The standard InChI is InChI=1S/C37H39N7O3S2/c1-5-11-43(3)20-34-39-26-9-7-22(13-28(26)41-34)30-15-24-17-33-25(18-32(24)48-30)16-31(49-33)23-8-10-27-29(14-23)42-35(40-27)21-44(12-6-2)36(45)19-38-37(46)47-4/h7-10,13-18H,5-6,11-12,19-21H2,1-4H3,(H,38,46)(H,39,41)(H,40,42). The van der Waals surface area contributed by atoms with Gasteiger partial charge in [-0.3, -0.25) is 9.69 Å². The molecule has 0 saturated heterocycles. The van der Waals surface area contributed by atoms with E-state index in [4.69, 9.17) is 9.97 Å². The number of benzene rings is 3. The van der Waals surface area contributed by atoms with Gasteiger partial charge in [0.1, 0.15) is 18.2 Å². The summed E-state index contributed by atoms with van der Waals surface area (Å²) in [7, 11) is 3.41. The monoisotopic (exact) mass is 693 g/mol. The van der Waals surface area contributed by atoms with Gasteiger partial charge in [0.15, 0.2) is 0 Å². The third kappa shape index (κ3) is 7.03. The van der Waals surface area contributed by atoms with Crippen LogP contribution < -0.4 is 5.32 Å². The average Bonchev–Trinajstić information content (AvgIpc) is 3.88. The number of hydrogen-bond acceptors (Lipinski definition) is 8. The number of hydrogen-bond donors (Lipinski definition) is 3. The molecule has 0 aliphatic carbocycles. The molecule has 7 rings (SSSR count). The van der Waals surface area contributed by atoms with Crippen LogP contribution in [-0.2, 0) is 22.6 Å². The molecule has 3 N–H and O–H groups in total. The molecule has 10 nitrogen and oxygen atoms in total. The van der Waals surface area contributed by atoms with Crippen LogP contribution in [0.5, 0.6) is 0 Å². The van der Waals surface area contributed by atoms with Crippen LogP contribution in [0.1, 0.15) is 38.3 Å². The van der Waals surface area contributed by atoms with Crippen molar-refractivity contribution in [1.29, 1.82) is 0 Å². The lowest BCUT2D eigenvalue weighted by atomic mass is 10.1. The number of nitrogens with zero attached hydrogens (tertiary/aromatic N) is 4. The number of rotatable bonds is 12. The molecular formula is C37H39N7O3S2. The Morgan fingerprint density at radius 2 is 1.33 bits per heavy atom. The molecule has 0 unspecified atom stereocenters. The van der Waals surface area contributed by atoms with Crippen molar-refractivity contribution in [2.24, 2.45) is 0 Å². The molecule has 0 aliphatic heterocycles. The van der Waals surface area contributed by atoms with E-state index in [2.05, 4.69) is 93.5 Å². The zero-order valence-corrected chi connectivity index (χ0v) is 29.7. The summed E-state index contributed by atoms with van der Waals surface area (Å²) in [6, 6.07) is 21.9. The highest BCUT2D eigenvalue weighted by molar-refractivity contribution is 7.23. The molecule has 0 radical (unpaired) electrons. The number of aromatic nitrogens is 4. The number of H-pyrrole nitrogens is 2. The molecule has 4 heterocycles. The van der Waals surface area contributed by atoms with Crippen LogP contribution in [0.25, 0.3) is 63.1 Å². The Morgan fingerprint density at radius 3 is 1.86 bits per heavy atom. The van der Waals surface area contributed by atoms with Gasteiger partial charge >= 0.3 is 6.09 Å². The molecule has 0 saturated carbocycles. The van der Waals surface area contributed by atoms with Crippen molar-refractivity contribution in [1.82, 2.24) is 35.1 Å². The second-order valence-electron chi connectivity index (χ2n) is 12.4. The van der Waals surface area contributed by atoms with Crippen molar-refractivity contribution in [3.8, 4) is 20.9 Å². The third-order valence-corrected chi connectivity index (χ3v) is 10.9. The van der Waals surface area contributed by atoms with Gasteiger partial charge in [0, 0.05) is 25.7 Å². The Labute approximate surface area is 292 Å². The topological polar surface area (TPSA) is 119 Å². The van der Waals surface area contributed by atoms with Crippen molar-refractivity contribution in [3.05, 3.63) is 72.3 Å². The molecule has 252 valence electrons. The lowest BCUT2D eigenvalue weighted by Gasteiger charge is -2.21. The minimum absolute atomic E-state index is 0.124. The number of nitrogens with one attached hydrogen (secondary N) is 3. The van der Waals surface area contributed by atoms with E-state index in [1.165, 1.54) is 42.6 Å². The molecule has 49 heavy (non-hydrogen) atoms. The van der Waals surface area contributed by atoms with Crippen LogP contribution >= 0.6 is 22.7 Å². The number of carbonyl (C=O) groups is 2. The molecular weight excluding hydrogens is 655 g/mol. The molecule has 3 aromatic carbocycles. The number of ether oxygens (including phenoxy) is 1. The zero-order chi connectivity index (χ0) is 34.1. The largest absolute Gasteiger partial charge is 0.453 e. The highest BCUT2D eigenvalue weighted by Crippen LogP contribution is 2.41. The molecule has 7 aromatic rings. The Balaban J connectivity index is 1.10. The van der Waals surface area contributed by atoms with Crippen molar-refractivity contribution in [3.63, 3.8) is 0 Å². The van der Waals surface area contributed by atoms with Crippen LogP contribution in [0.4, 0.5) is 4.79 Å². The first kappa shape index (κ1) is 32.8. The maximum Gasteiger partial charge on any atom is 0.407 e. The smallest absolute Gasteiger partial charge is 0.407 e. The highest BCUT2D eigenvalue weighted by atomic mass is 32.1. The fraction of sp³-hybridized carbons (Fsp3) is 0.297. The first-order valence-electron chi connectivity index (χ1n) is 16.5. The van der Waals surface area contributed by atoms with Crippen molar-refractivity contribution < 1.29 is 14.3 Å². The number of carbonyl (C=O) groups excluding carboxylic acids is 2. The number of alkyl carbamates (subject to hydrolysis) is 1. The van der Waals surface area contributed by atoms with Gasteiger partial charge in [0.25, 0.3) is 0 Å². The number of imidazole rings is 2. The Kier molecular flexibility index (Phi) is 9.35. The van der Waals surface area contributed by atoms with Gasteiger partial charge in [0.2, 0.25) is 5.91 Å². The predicted molar refractivity (Wildman–Crippen MR) is 200 cm³/mol. The summed E-state index contributed by atoms with van der Waals surface area (Å²) >= 11 is 3.60. The maximum atomic E-state index is 12.8. The normalized spacial score (nSPS) is 11.8. The predicted octanol–water partition coefficient (Wildman–Crippen LogP) is 8.14. The number of methoxy groups -OCH3 is 1. The van der Waals surface area contributed by atoms with Crippen LogP contribution in [-0.4, -0.2) is 75.5 Å². The van der Waals surface area contributed by atoms with E-state index < -0.39 is 6.09 Å². The third-order valence-electron chi connectivity index (χ3n) is 8.57. The first-order valence-corrected chi connectivity index (χ1v) is 18.2. The molecule has 0 atom stereocenters. The minimum atomic E-state index is -0.629. The van der Waals surface area contributed by atoms with E-state index >= 15 is 0 Å². The van der Waals surface area contributed by atoms with Crippen LogP contribution in [0.3, 0.4) is 0 Å². The van der Waals surface area contributed by atoms with Gasteiger partial charge in [0.05, 0.1) is 42.3 Å². The molecule has 0 fully saturated rings. The summed E-state index contributed by atoms with van der Waals surface area (Å²) in [5.74, 6) is 1.51. The van der Waals surface area contributed by atoms with E-state index in [-0.39, 0.29) is 12.5 Å². The average molecular weight is 694 g/mol. The van der Waals surface area contributed by atoms with Gasteiger partial charge in [-0.1, -0.05) is 26.0 Å². The summed E-state index contributed by atoms with van der Waals surface area (Å²) in [5.41, 5.74) is 6.15. The first-order chi connectivity index (χ1) is 23.8. The van der Waals surface area contributed by atoms with E-state index in [1.807, 2.05) is 24.3 Å². The van der Waals surface area contributed by atoms with Crippen LogP contribution in [0.15, 0.2) is 60.7 Å². The number of thiophene rings is 2. The Morgan fingerprint density at radius 1 is 0.776 bits per heavy atom. The second-order valence-corrected chi connectivity index (χ2v) is 14.5. The van der Waals surface area contributed by atoms with Gasteiger partial charge < -0.3 is 24.9 Å². The molecule has 12 heteroatoms. The number of fused-ring (bicyclic) bond motifs is 4. The van der Waals surface area contributed by atoms with Crippen molar-refractivity contribution >= 4 is 76.9 Å². The zero-order valence-electron chi connectivity index (χ0n) is 28.1. The fourth-order valence-electron chi connectivity index (χ4n) is 6.23. The van der Waals surface area contributed by atoms with E-state index in [1.54, 1.807) is 16.2 Å². The van der Waals surface area contributed by atoms with Gasteiger partial charge in [-0.2, -0.15) is 0 Å². The Bertz CT molecular complexity index is 2250. The molecule has 0 bridgehead atoms. The van der Waals surface area contributed by atoms with Crippen LogP contribution in [0.2, 0.25) is 0 Å². The molecule has 0 aliphatic rings. The van der Waals surface area contributed by atoms with E-state index in [0.29, 0.717) is 18.9 Å². The summed E-state index contributed by atoms with van der Waals surface area (Å²) < 4.78 is 7.10. The number of amides is 2. The molecule has 2 amide bonds. The quantitative estimate of drug-likeness (QED) is 0.119.